The summed E-state index contributed by atoms with van der Waals surface area (Å²) in [4.78, 5) is 6.98. The number of hydrogen-bond donors (Lipinski definition) is 4. The third-order valence-electron chi connectivity index (χ3n) is 5.29. The maximum Gasteiger partial charge on any atom is 0.211 e. The SMILES string of the molecule is C#CC(=Cc1nc(Nc2nnc(CS(C)(=O)=O)s2)ccc1N)C(C=N)=C[NH2+]CCCN1CCCC1. The van der Waals surface area contributed by atoms with Crippen molar-refractivity contribution in [1.29, 1.82) is 5.41 Å². The first-order valence-corrected chi connectivity index (χ1v) is 14.1. The Kier molecular flexibility index (Phi) is 9.50. The Morgan fingerprint density at radius 2 is 2.14 bits per heavy atom. The number of nitrogens with zero attached hydrogens (tertiary/aromatic N) is 4. The summed E-state index contributed by atoms with van der Waals surface area (Å²) in [5.41, 5.74) is 8.09. The van der Waals surface area contributed by atoms with Gasteiger partial charge >= 0.3 is 0 Å². The lowest BCUT2D eigenvalue weighted by Gasteiger charge is -2.12. The standard InChI is InChI=1S/C23H30N8O2S2/c1-3-17(18(14-24)15-26-9-6-12-31-10-4-5-11-31)13-20-19(25)7-8-21(27-20)28-23-30-29-22(34-23)16-35(2,32)33/h1,7-8,13-15,24,26H,4-6,9-12,16,25H2,2H3,(H,27,28,30)/p+1. The van der Waals surface area contributed by atoms with Crippen molar-refractivity contribution >= 4 is 50.1 Å². The van der Waals surface area contributed by atoms with Crippen molar-refractivity contribution in [2.24, 2.45) is 0 Å². The molecule has 3 rings (SSSR count). The number of nitrogen functional groups attached to an aromatic ring is 1. The number of quaternary nitrogens is 1. The van der Waals surface area contributed by atoms with Gasteiger partial charge < -0.3 is 26.7 Å². The van der Waals surface area contributed by atoms with Gasteiger partial charge in [-0.1, -0.05) is 17.3 Å². The molecular formula is C23H31N8O2S2+. The minimum absolute atomic E-state index is 0.172. The number of likely N-dealkylation sites (tertiary alicyclic amines) is 1. The molecule has 186 valence electrons. The first kappa shape index (κ1) is 26.5. The molecule has 0 amide bonds. The van der Waals surface area contributed by atoms with Crippen LogP contribution in [0, 0.1) is 17.8 Å². The minimum Gasteiger partial charge on any atom is -0.397 e. The normalized spacial score (nSPS) is 15.2. The van der Waals surface area contributed by atoms with Gasteiger partial charge in [-0.2, -0.15) is 0 Å². The van der Waals surface area contributed by atoms with E-state index in [1.807, 2.05) is 11.5 Å². The van der Waals surface area contributed by atoms with Crippen molar-refractivity contribution in [3.05, 3.63) is 40.2 Å². The average Bonchev–Trinajstić information content (AvgIpc) is 3.48. The van der Waals surface area contributed by atoms with Gasteiger partial charge in [-0.15, -0.1) is 16.6 Å². The summed E-state index contributed by atoms with van der Waals surface area (Å²) in [6.07, 6.45) is 15.3. The summed E-state index contributed by atoms with van der Waals surface area (Å²) in [6, 6.07) is 3.37. The van der Waals surface area contributed by atoms with E-state index >= 15 is 0 Å². The molecule has 12 heteroatoms. The van der Waals surface area contributed by atoms with E-state index in [-0.39, 0.29) is 5.75 Å². The Bertz CT molecular complexity index is 1240. The number of pyridine rings is 1. The van der Waals surface area contributed by atoms with Crippen LogP contribution in [-0.2, 0) is 15.6 Å². The second kappa shape index (κ2) is 12.6. The molecule has 0 saturated carbocycles. The first-order valence-electron chi connectivity index (χ1n) is 11.3. The number of terminal acetylenes is 1. The van der Waals surface area contributed by atoms with E-state index in [1.165, 1.54) is 32.1 Å². The molecule has 0 atom stereocenters. The number of anilines is 3. The predicted molar refractivity (Wildman–Crippen MR) is 141 cm³/mol. The molecule has 0 aromatic carbocycles. The number of nitrogens with two attached hydrogens (primary N) is 2. The van der Waals surface area contributed by atoms with Crippen LogP contribution in [0.4, 0.5) is 16.6 Å². The Hall–Kier alpha value is -3.11. The third kappa shape index (κ3) is 8.56. The van der Waals surface area contributed by atoms with Gasteiger partial charge in [-0.25, -0.2) is 13.4 Å². The van der Waals surface area contributed by atoms with Crippen molar-refractivity contribution in [3.8, 4) is 12.3 Å². The molecule has 35 heavy (non-hydrogen) atoms. The molecule has 0 spiro atoms. The molecule has 10 nitrogen and oxygen atoms in total. The highest BCUT2D eigenvalue weighted by Gasteiger charge is 2.13. The summed E-state index contributed by atoms with van der Waals surface area (Å²) in [5, 5.41) is 21.5. The Morgan fingerprint density at radius 1 is 1.37 bits per heavy atom. The quantitative estimate of drug-likeness (QED) is 0.143. The predicted octanol–water partition coefficient (Wildman–Crippen LogP) is 1.40. The van der Waals surface area contributed by atoms with Crippen LogP contribution in [0.15, 0.2) is 29.5 Å². The largest absolute Gasteiger partial charge is 0.397 e. The highest BCUT2D eigenvalue weighted by Crippen LogP contribution is 2.24. The van der Waals surface area contributed by atoms with Gasteiger partial charge in [0.1, 0.15) is 22.8 Å². The number of aromatic nitrogens is 3. The molecular weight excluding hydrogens is 484 g/mol. The molecule has 1 aliphatic heterocycles. The smallest absolute Gasteiger partial charge is 0.211 e. The maximum absolute atomic E-state index is 11.5. The Balaban J connectivity index is 1.68. The molecule has 6 N–H and O–H groups in total. The van der Waals surface area contributed by atoms with Crippen LogP contribution in [0.2, 0.25) is 0 Å². The van der Waals surface area contributed by atoms with Gasteiger partial charge in [0.2, 0.25) is 5.13 Å². The van der Waals surface area contributed by atoms with E-state index in [0.717, 1.165) is 37.1 Å². The lowest BCUT2D eigenvalue weighted by molar-refractivity contribution is -0.588. The molecule has 0 unspecified atom stereocenters. The first-order chi connectivity index (χ1) is 16.8. The summed E-state index contributed by atoms with van der Waals surface area (Å²) in [5.74, 6) is 2.91. The Labute approximate surface area is 210 Å². The second-order valence-corrected chi connectivity index (χ2v) is 11.5. The zero-order valence-corrected chi connectivity index (χ0v) is 21.3. The van der Waals surface area contributed by atoms with Crippen LogP contribution in [0.3, 0.4) is 0 Å². The van der Waals surface area contributed by atoms with Gasteiger partial charge in [0.15, 0.2) is 9.84 Å². The number of hydrogen-bond acceptors (Lipinski definition) is 10. The third-order valence-corrected chi connectivity index (χ3v) is 7.11. The van der Waals surface area contributed by atoms with E-state index in [4.69, 9.17) is 17.6 Å². The van der Waals surface area contributed by atoms with E-state index in [2.05, 4.69) is 31.3 Å². The average molecular weight is 516 g/mol. The number of allylic oxidation sites excluding steroid dienone is 2. The number of rotatable bonds is 12. The zero-order valence-electron chi connectivity index (χ0n) is 19.7. The van der Waals surface area contributed by atoms with Crippen LogP contribution < -0.4 is 16.4 Å². The fourth-order valence-electron chi connectivity index (χ4n) is 3.58. The monoisotopic (exact) mass is 515 g/mol. The van der Waals surface area contributed by atoms with Gasteiger partial charge in [0.25, 0.3) is 0 Å². The van der Waals surface area contributed by atoms with E-state index in [9.17, 15) is 8.42 Å². The fraction of sp³-hybridized carbons (Fsp3) is 0.391. The van der Waals surface area contributed by atoms with Crippen LogP contribution in [0.1, 0.15) is 30.0 Å². The fourth-order valence-corrected chi connectivity index (χ4v) is 5.50. The van der Waals surface area contributed by atoms with Gasteiger partial charge in [-0.3, -0.25) is 0 Å². The zero-order chi connectivity index (χ0) is 25.3. The molecule has 2 aromatic heterocycles. The highest BCUT2D eigenvalue weighted by atomic mass is 32.2. The van der Waals surface area contributed by atoms with Gasteiger partial charge in [0.05, 0.1) is 23.5 Å². The van der Waals surface area contributed by atoms with Gasteiger partial charge in [-0.05, 0) is 44.1 Å². The summed E-state index contributed by atoms with van der Waals surface area (Å²) < 4.78 is 22.9. The van der Waals surface area contributed by atoms with Crippen molar-refractivity contribution in [2.75, 3.05) is 43.5 Å². The van der Waals surface area contributed by atoms with E-state index in [0.29, 0.717) is 38.5 Å². The topological polar surface area (TPSA) is 155 Å². The second-order valence-electron chi connectivity index (χ2n) is 8.26. The van der Waals surface area contributed by atoms with Crippen LogP contribution in [0.25, 0.3) is 6.08 Å². The molecule has 0 aliphatic carbocycles. The Morgan fingerprint density at radius 3 is 2.83 bits per heavy atom. The summed E-state index contributed by atoms with van der Waals surface area (Å²) >= 11 is 1.13. The molecule has 1 fully saturated rings. The summed E-state index contributed by atoms with van der Waals surface area (Å²) in [6.45, 7) is 4.38. The molecule has 2 aromatic rings. The lowest BCUT2D eigenvalue weighted by atomic mass is 10.1. The molecule has 3 heterocycles. The van der Waals surface area contributed by atoms with Crippen LogP contribution in [-0.4, -0.2) is 67.1 Å². The molecule has 1 aliphatic rings. The molecule has 0 bridgehead atoms. The molecule has 1 saturated heterocycles. The van der Waals surface area contributed by atoms with Crippen molar-refractivity contribution in [1.82, 2.24) is 20.1 Å². The van der Waals surface area contributed by atoms with Crippen LogP contribution >= 0.6 is 11.3 Å². The minimum atomic E-state index is -3.20. The number of sulfone groups is 1. The van der Waals surface area contributed by atoms with Crippen molar-refractivity contribution in [2.45, 2.75) is 25.0 Å². The van der Waals surface area contributed by atoms with Gasteiger partial charge in [0, 0.05) is 31.0 Å². The highest BCUT2D eigenvalue weighted by molar-refractivity contribution is 7.90. The maximum atomic E-state index is 11.5. The van der Waals surface area contributed by atoms with Crippen molar-refractivity contribution < 1.29 is 13.7 Å². The molecule has 0 radical (unpaired) electrons. The number of nitrogens with one attached hydrogen (secondary N) is 2. The van der Waals surface area contributed by atoms with E-state index in [1.54, 1.807) is 18.2 Å². The van der Waals surface area contributed by atoms with E-state index < -0.39 is 9.84 Å². The lowest BCUT2D eigenvalue weighted by Crippen LogP contribution is -2.78. The van der Waals surface area contributed by atoms with Crippen molar-refractivity contribution in [3.63, 3.8) is 0 Å². The summed E-state index contributed by atoms with van der Waals surface area (Å²) in [7, 11) is -3.20. The van der Waals surface area contributed by atoms with Crippen LogP contribution in [0.5, 0.6) is 0 Å².